The lowest BCUT2D eigenvalue weighted by molar-refractivity contribution is -0.119. The monoisotopic (exact) mass is 230 g/mol. The molecule has 3 heterocycles. The lowest BCUT2D eigenvalue weighted by Gasteiger charge is -2.23. The van der Waals surface area contributed by atoms with Crippen LogP contribution in [0, 0.1) is 0 Å². The number of rotatable bonds is 2. The molecule has 1 amide bonds. The van der Waals surface area contributed by atoms with Crippen LogP contribution < -0.4 is 10.6 Å². The van der Waals surface area contributed by atoms with E-state index >= 15 is 0 Å². The van der Waals surface area contributed by atoms with E-state index in [0.29, 0.717) is 0 Å². The predicted octanol–water partition coefficient (Wildman–Crippen LogP) is 1.02. The fourth-order valence-electron chi connectivity index (χ4n) is 2.42. The zero-order chi connectivity index (χ0) is 11.8. The van der Waals surface area contributed by atoms with Crippen molar-refractivity contribution in [2.24, 2.45) is 5.73 Å². The predicted molar refractivity (Wildman–Crippen MR) is 65.7 cm³/mol. The first-order valence-corrected chi connectivity index (χ1v) is 5.76. The van der Waals surface area contributed by atoms with E-state index in [-0.39, 0.29) is 11.9 Å². The first kappa shape index (κ1) is 10.1. The molecule has 0 aromatic carbocycles. The van der Waals surface area contributed by atoms with E-state index < -0.39 is 0 Å². The Morgan fingerprint density at radius 2 is 2.35 bits per heavy atom. The fraction of sp³-hybridized carbons (Fsp3) is 0.333. The van der Waals surface area contributed by atoms with Gasteiger partial charge in [0.1, 0.15) is 17.5 Å². The Balaban J connectivity index is 1.99. The van der Waals surface area contributed by atoms with Gasteiger partial charge in [0.05, 0.1) is 0 Å². The number of aromatic amines is 1. The number of carbonyl (C=O) groups excluding carboxylic acids is 1. The molecule has 3 N–H and O–H groups in total. The van der Waals surface area contributed by atoms with Gasteiger partial charge in [0, 0.05) is 18.1 Å². The lowest BCUT2D eigenvalue weighted by atomic mass is 10.2. The van der Waals surface area contributed by atoms with Crippen molar-refractivity contribution in [2.45, 2.75) is 18.9 Å². The van der Waals surface area contributed by atoms with Gasteiger partial charge in [0.2, 0.25) is 5.91 Å². The number of aromatic nitrogens is 2. The van der Waals surface area contributed by atoms with E-state index in [4.69, 9.17) is 5.73 Å². The van der Waals surface area contributed by atoms with Gasteiger partial charge in [-0.2, -0.15) is 0 Å². The second-order valence-corrected chi connectivity index (χ2v) is 4.34. The van der Waals surface area contributed by atoms with Crippen molar-refractivity contribution in [3.63, 3.8) is 0 Å². The number of anilines is 1. The molecule has 0 aliphatic carbocycles. The Kier molecular flexibility index (Phi) is 2.24. The van der Waals surface area contributed by atoms with Crippen LogP contribution in [0.2, 0.25) is 0 Å². The summed E-state index contributed by atoms with van der Waals surface area (Å²) in [5.74, 6) is 0.553. The molecule has 0 bridgehead atoms. The molecule has 1 atom stereocenters. The number of primary amides is 1. The first-order valence-electron chi connectivity index (χ1n) is 5.76. The van der Waals surface area contributed by atoms with E-state index in [1.165, 1.54) is 0 Å². The quantitative estimate of drug-likeness (QED) is 0.808. The molecule has 2 aromatic rings. The van der Waals surface area contributed by atoms with Gasteiger partial charge < -0.3 is 15.6 Å². The van der Waals surface area contributed by atoms with Gasteiger partial charge in [-0.1, -0.05) is 0 Å². The summed E-state index contributed by atoms with van der Waals surface area (Å²) in [5, 5.41) is 1.07. The zero-order valence-corrected chi connectivity index (χ0v) is 9.39. The van der Waals surface area contributed by atoms with Crippen LogP contribution in [-0.2, 0) is 4.79 Å². The van der Waals surface area contributed by atoms with E-state index in [9.17, 15) is 4.79 Å². The van der Waals surface area contributed by atoms with Crippen molar-refractivity contribution in [3.05, 3.63) is 24.4 Å². The van der Waals surface area contributed by atoms with E-state index in [1.807, 2.05) is 29.3 Å². The minimum absolute atomic E-state index is 0.213. The van der Waals surface area contributed by atoms with Crippen LogP contribution in [0.3, 0.4) is 0 Å². The van der Waals surface area contributed by atoms with Gasteiger partial charge in [-0.25, -0.2) is 4.98 Å². The highest BCUT2D eigenvalue weighted by atomic mass is 16.1. The number of nitrogens with one attached hydrogen (secondary N) is 1. The summed E-state index contributed by atoms with van der Waals surface area (Å²) in [5.41, 5.74) is 6.25. The van der Waals surface area contributed by atoms with E-state index in [0.717, 1.165) is 36.2 Å². The number of H-pyrrole nitrogens is 1. The van der Waals surface area contributed by atoms with Crippen LogP contribution in [-0.4, -0.2) is 28.5 Å². The second kappa shape index (κ2) is 3.76. The molecule has 5 heteroatoms. The van der Waals surface area contributed by atoms with Crippen LogP contribution in [0.5, 0.6) is 0 Å². The van der Waals surface area contributed by atoms with Gasteiger partial charge >= 0.3 is 0 Å². The van der Waals surface area contributed by atoms with Gasteiger partial charge in [-0.15, -0.1) is 0 Å². The summed E-state index contributed by atoms with van der Waals surface area (Å²) in [4.78, 5) is 20.9. The molecule has 1 fully saturated rings. The maximum Gasteiger partial charge on any atom is 0.240 e. The van der Waals surface area contributed by atoms with E-state index in [2.05, 4.69) is 9.97 Å². The Labute approximate surface area is 98.6 Å². The Morgan fingerprint density at radius 3 is 3.18 bits per heavy atom. The zero-order valence-electron chi connectivity index (χ0n) is 9.39. The normalized spacial score (nSPS) is 20.0. The first-order chi connectivity index (χ1) is 8.25. The Morgan fingerprint density at radius 1 is 1.47 bits per heavy atom. The molecular weight excluding hydrogens is 216 g/mol. The molecule has 1 aliphatic rings. The molecule has 3 rings (SSSR count). The molecular formula is C12H14N4O. The van der Waals surface area contributed by atoms with Crippen molar-refractivity contribution >= 4 is 22.8 Å². The third-order valence-corrected chi connectivity index (χ3v) is 3.27. The highest BCUT2D eigenvalue weighted by Gasteiger charge is 2.29. The SMILES string of the molecule is NC(=O)[C@@H]1CCCN1c1ccc2cc[nH]c2n1. The fourth-order valence-corrected chi connectivity index (χ4v) is 2.42. The second-order valence-electron chi connectivity index (χ2n) is 4.34. The number of hydrogen-bond donors (Lipinski definition) is 2. The number of nitrogens with zero attached hydrogens (tertiary/aromatic N) is 2. The van der Waals surface area contributed by atoms with Crippen molar-refractivity contribution in [1.82, 2.24) is 9.97 Å². The highest BCUT2D eigenvalue weighted by molar-refractivity contribution is 5.85. The standard InChI is InChI=1S/C12H14N4O/c13-11(17)9-2-1-7-16(9)10-4-3-8-5-6-14-12(8)15-10/h3-6,9H,1-2,7H2,(H2,13,17)(H,14,15)/t9-/m0/s1. The smallest absolute Gasteiger partial charge is 0.240 e. The number of carbonyl (C=O) groups is 1. The van der Waals surface area contributed by atoms with Crippen molar-refractivity contribution in [2.75, 3.05) is 11.4 Å². The topological polar surface area (TPSA) is 75.0 Å². The maximum absolute atomic E-state index is 11.3. The molecule has 2 aromatic heterocycles. The Bertz CT molecular complexity index is 562. The third-order valence-electron chi connectivity index (χ3n) is 3.27. The van der Waals surface area contributed by atoms with Crippen LogP contribution >= 0.6 is 0 Å². The van der Waals surface area contributed by atoms with Crippen LogP contribution in [0.15, 0.2) is 24.4 Å². The Hall–Kier alpha value is -2.04. The summed E-state index contributed by atoms with van der Waals surface area (Å²) >= 11 is 0. The number of hydrogen-bond acceptors (Lipinski definition) is 3. The summed E-state index contributed by atoms with van der Waals surface area (Å²) in [6.45, 7) is 0.840. The van der Waals surface area contributed by atoms with Gasteiger partial charge in [-0.05, 0) is 31.0 Å². The average molecular weight is 230 g/mol. The number of nitrogens with two attached hydrogens (primary N) is 1. The average Bonchev–Trinajstić information content (AvgIpc) is 2.96. The summed E-state index contributed by atoms with van der Waals surface area (Å²) in [6.07, 6.45) is 3.66. The van der Waals surface area contributed by atoms with E-state index in [1.54, 1.807) is 0 Å². The number of amides is 1. The van der Waals surface area contributed by atoms with Gasteiger partial charge in [0.15, 0.2) is 0 Å². The van der Waals surface area contributed by atoms with Crippen molar-refractivity contribution < 1.29 is 4.79 Å². The molecule has 1 aliphatic heterocycles. The van der Waals surface area contributed by atoms with Crippen molar-refractivity contribution in [3.8, 4) is 0 Å². The summed E-state index contributed by atoms with van der Waals surface area (Å²) < 4.78 is 0. The van der Waals surface area contributed by atoms with Gasteiger partial charge in [-0.3, -0.25) is 4.79 Å². The van der Waals surface area contributed by atoms with Gasteiger partial charge in [0.25, 0.3) is 0 Å². The highest BCUT2D eigenvalue weighted by Crippen LogP contribution is 2.25. The lowest BCUT2D eigenvalue weighted by Crippen LogP contribution is -2.40. The molecule has 0 unspecified atom stereocenters. The molecule has 17 heavy (non-hydrogen) atoms. The summed E-state index contributed by atoms with van der Waals surface area (Å²) in [6, 6.07) is 5.71. The molecule has 5 nitrogen and oxygen atoms in total. The molecule has 88 valence electrons. The molecule has 0 radical (unpaired) electrons. The minimum Gasteiger partial charge on any atom is -0.368 e. The maximum atomic E-state index is 11.3. The van der Waals surface area contributed by atoms with Crippen LogP contribution in [0.4, 0.5) is 5.82 Å². The number of fused-ring (bicyclic) bond motifs is 1. The van der Waals surface area contributed by atoms with Crippen LogP contribution in [0.25, 0.3) is 11.0 Å². The van der Waals surface area contributed by atoms with Crippen molar-refractivity contribution in [1.29, 1.82) is 0 Å². The number of pyridine rings is 1. The largest absolute Gasteiger partial charge is 0.368 e. The molecule has 1 saturated heterocycles. The molecule has 0 spiro atoms. The minimum atomic E-state index is -0.268. The van der Waals surface area contributed by atoms with Crippen LogP contribution in [0.1, 0.15) is 12.8 Å². The third kappa shape index (κ3) is 1.63. The molecule has 0 saturated carbocycles. The summed E-state index contributed by atoms with van der Waals surface area (Å²) in [7, 11) is 0.